The molecular formula is C6H2F5N2. The van der Waals surface area contributed by atoms with Crippen LogP contribution >= 0.6 is 0 Å². The second-order valence-corrected chi connectivity index (χ2v) is 2.14. The summed E-state index contributed by atoms with van der Waals surface area (Å²) in [5, 5.41) is 0. The number of nitrogens with zero attached hydrogens (tertiary/aromatic N) is 2. The zero-order valence-corrected chi connectivity index (χ0v) is 5.94. The fourth-order valence-electron chi connectivity index (χ4n) is 0.589. The van der Waals surface area contributed by atoms with Crippen LogP contribution in [0.2, 0.25) is 0 Å². The summed E-state index contributed by atoms with van der Waals surface area (Å²) < 4.78 is 60.0. The number of rotatable bonds is 1. The highest BCUT2D eigenvalue weighted by atomic mass is 19.4. The predicted octanol–water partition coefficient (Wildman–Crippen LogP) is 1.93. The molecule has 0 aliphatic rings. The summed E-state index contributed by atoms with van der Waals surface area (Å²) >= 11 is 0. The van der Waals surface area contributed by atoms with Crippen molar-refractivity contribution in [2.45, 2.75) is 12.1 Å². The first kappa shape index (κ1) is 9.82. The van der Waals surface area contributed by atoms with E-state index in [-0.39, 0.29) is 0 Å². The van der Waals surface area contributed by atoms with Crippen molar-refractivity contribution < 1.29 is 22.0 Å². The van der Waals surface area contributed by atoms with Gasteiger partial charge in [-0.15, -0.1) is 0 Å². The molecule has 0 unspecified atom stereocenters. The second kappa shape index (κ2) is 2.90. The van der Waals surface area contributed by atoms with Crippen molar-refractivity contribution in [3.8, 4) is 0 Å². The minimum Gasteiger partial charge on any atom is -0.233 e. The zero-order chi connectivity index (χ0) is 10.1. The van der Waals surface area contributed by atoms with Crippen LogP contribution in [0.1, 0.15) is 5.56 Å². The van der Waals surface area contributed by atoms with Crippen LogP contribution in [0, 0.1) is 6.33 Å². The molecule has 0 amide bonds. The van der Waals surface area contributed by atoms with E-state index in [9.17, 15) is 22.0 Å². The van der Waals surface area contributed by atoms with Gasteiger partial charge in [-0.3, -0.25) is 0 Å². The van der Waals surface area contributed by atoms with Gasteiger partial charge in [-0.2, -0.15) is 22.0 Å². The van der Waals surface area contributed by atoms with Crippen LogP contribution in [-0.4, -0.2) is 16.1 Å². The predicted molar refractivity (Wildman–Crippen MR) is 30.8 cm³/mol. The Morgan fingerprint density at radius 2 is 1.46 bits per heavy atom. The summed E-state index contributed by atoms with van der Waals surface area (Å²) in [6, 6.07) is 0. The highest BCUT2D eigenvalue weighted by molar-refractivity contribution is 5.12. The molecule has 1 aromatic rings. The largest absolute Gasteiger partial charge is 0.458 e. The van der Waals surface area contributed by atoms with E-state index in [1.165, 1.54) is 0 Å². The van der Waals surface area contributed by atoms with E-state index in [0.29, 0.717) is 12.4 Å². The van der Waals surface area contributed by atoms with E-state index >= 15 is 0 Å². The van der Waals surface area contributed by atoms with Crippen LogP contribution in [0.4, 0.5) is 22.0 Å². The Labute approximate surface area is 69.4 Å². The Kier molecular flexibility index (Phi) is 2.19. The molecule has 71 valence electrons. The first-order chi connectivity index (χ1) is 5.86. The Hall–Kier alpha value is -1.27. The lowest BCUT2D eigenvalue weighted by molar-refractivity contribution is -0.289. The van der Waals surface area contributed by atoms with E-state index < -0.39 is 17.7 Å². The fourth-order valence-corrected chi connectivity index (χ4v) is 0.589. The van der Waals surface area contributed by atoms with Crippen LogP contribution in [-0.2, 0) is 5.92 Å². The summed E-state index contributed by atoms with van der Waals surface area (Å²) in [6.07, 6.45) is -3.02. The summed E-state index contributed by atoms with van der Waals surface area (Å²) in [7, 11) is 0. The van der Waals surface area contributed by atoms with Gasteiger partial charge in [0, 0.05) is 12.4 Å². The normalized spacial score (nSPS) is 13.0. The minimum absolute atomic E-state index is 0.375. The van der Waals surface area contributed by atoms with Gasteiger partial charge in [-0.1, -0.05) is 0 Å². The third-order valence-corrected chi connectivity index (χ3v) is 1.24. The van der Waals surface area contributed by atoms with Gasteiger partial charge in [-0.05, 0) is 0 Å². The van der Waals surface area contributed by atoms with E-state index in [2.05, 4.69) is 9.97 Å². The van der Waals surface area contributed by atoms with Gasteiger partial charge >= 0.3 is 12.1 Å². The third-order valence-electron chi connectivity index (χ3n) is 1.24. The number of aromatic nitrogens is 2. The van der Waals surface area contributed by atoms with Crippen molar-refractivity contribution in [3.05, 3.63) is 24.3 Å². The molecule has 0 aromatic carbocycles. The highest BCUT2D eigenvalue weighted by Crippen LogP contribution is 2.42. The highest BCUT2D eigenvalue weighted by Gasteiger charge is 2.59. The molecular weight excluding hydrogens is 195 g/mol. The van der Waals surface area contributed by atoms with Crippen LogP contribution in [0.25, 0.3) is 0 Å². The van der Waals surface area contributed by atoms with Gasteiger partial charge in [0.15, 0.2) is 6.33 Å². The quantitative estimate of drug-likeness (QED) is 0.643. The Morgan fingerprint density at radius 3 is 1.85 bits per heavy atom. The van der Waals surface area contributed by atoms with Crippen LogP contribution < -0.4 is 0 Å². The standard InChI is InChI=1S/C6H2F5N2/c7-5(8,6(9,10)11)4-1-12-3-13-2-4/h1-2H. The van der Waals surface area contributed by atoms with Crippen molar-refractivity contribution in [2.75, 3.05) is 0 Å². The average Bonchev–Trinajstić information content (AvgIpc) is 2.04. The molecule has 0 saturated carbocycles. The Bertz CT molecular complexity index is 281. The molecule has 0 fully saturated rings. The smallest absolute Gasteiger partial charge is 0.233 e. The molecule has 0 aliphatic heterocycles. The first-order valence-corrected chi connectivity index (χ1v) is 2.99. The number of hydrogen-bond donors (Lipinski definition) is 0. The average molecular weight is 197 g/mol. The Morgan fingerprint density at radius 1 is 1.00 bits per heavy atom. The van der Waals surface area contributed by atoms with Crippen molar-refractivity contribution >= 4 is 0 Å². The lowest BCUT2D eigenvalue weighted by Gasteiger charge is -2.18. The second-order valence-electron chi connectivity index (χ2n) is 2.14. The lowest BCUT2D eigenvalue weighted by atomic mass is 10.2. The molecule has 0 atom stereocenters. The van der Waals surface area contributed by atoms with Crippen LogP contribution in [0.5, 0.6) is 0 Å². The van der Waals surface area contributed by atoms with E-state index in [4.69, 9.17) is 0 Å². The van der Waals surface area contributed by atoms with Gasteiger partial charge < -0.3 is 0 Å². The topological polar surface area (TPSA) is 25.8 Å². The van der Waals surface area contributed by atoms with Crippen molar-refractivity contribution in [3.63, 3.8) is 0 Å². The fraction of sp³-hybridized carbons (Fsp3) is 0.333. The third kappa shape index (κ3) is 1.73. The van der Waals surface area contributed by atoms with Gasteiger partial charge in [-0.25, -0.2) is 9.97 Å². The summed E-state index contributed by atoms with van der Waals surface area (Å²) in [5.74, 6) is -4.91. The molecule has 0 saturated heterocycles. The molecule has 1 rings (SSSR count). The maximum Gasteiger partial charge on any atom is 0.458 e. The van der Waals surface area contributed by atoms with Gasteiger partial charge in [0.05, 0.1) is 5.56 Å². The Balaban J connectivity index is 3.08. The van der Waals surface area contributed by atoms with E-state index in [1.807, 2.05) is 6.33 Å². The molecule has 2 nitrogen and oxygen atoms in total. The SMILES string of the molecule is FC(F)(F)C(F)(F)c1cn[c]nc1. The molecule has 0 bridgehead atoms. The van der Waals surface area contributed by atoms with Gasteiger partial charge in [0.25, 0.3) is 0 Å². The number of hydrogen-bond acceptors (Lipinski definition) is 2. The molecule has 7 heteroatoms. The molecule has 1 radical (unpaired) electrons. The first-order valence-electron chi connectivity index (χ1n) is 2.99. The van der Waals surface area contributed by atoms with Crippen LogP contribution in [0.3, 0.4) is 0 Å². The molecule has 1 aromatic heterocycles. The van der Waals surface area contributed by atoms with Gasteiger partial charge in [0.2, 0.25) is 0 Å². The molecule has 0 spiro atoms. The van der Waals surface area contributed by atoms with E-state index in [1.54, 1.807) is 0 Å². The molecule has 13 heavy (non-hydrogen) atoms. The number of alkyl halides is 5. The number of halogens is 5. The van der Waals surface area contributed by atoms with Crippen molar-refractivity contribution in [1.29, 1.82) is 0 Å². The van der Waals surface area contributed by atoms with Gasteiger partial charge in [0.1, 0.15) is 0 Å². The maximum absolute atomic E-state index is 12.4. The van der Waals surface area contributed by atoms with Crippen LogP contribution in [0.15, 0.2) is 12.4 Å². The summed E-state index contributed by atoms with van der Waals surface area (Å²) in [4.78, 5) is 5.90. The van der Waals surface area contributed by atoms with Crippen molar-refractivity contribution in [1.82, 2.24) is 9.97 Å². The summed E-state index contributed by atoms with van der Waals surface area (Å²) in [5.41, 5.74) is -1.29. The van der Waals surface area contributed by atoms with E-state index in [0.717, 1.165) is 0 Å². The minimum atomic E-state index is -5.63. The van der Waals surface area contributed by atoms with Crippen molar-refractivity contribution in [2.24, 2.45) is 0 Å². The zero-order valence-electron chi connectivity index (χ0n) is 5.94. The maximum atomic E-state index is 12.4. The molecule has 1 heterocycles. The molecule has 0 aliphatic carbocycles. The summed E-state index contributed by atoms with van der Waals surface area (Å²) in [6.45, 7) is 0. The lowest BCUT2D eigenvalue weighted by Crippen LogP contribution is -2.33. The molecule has 0 N–H and O–H groups in total. The monoisotopic (exact) mass is 197 g/mol.